The third kappa shape index (κ3) is 2.96. The number of hydrogen-bond acceptors (Lipinski definition) is 5. The first-order valence-corrected chi connectivity index (χ1v) is 5.73. The summed E-state index contributed by atoms with van der Waals surface area (Å²) >= 11 is 5.69. The predicted octanol–water partition coefficient (Wildman–Crippen LogP) is 1.55. The number of aromatic nitrogens is 2. The summed E-state index contributed by atoms with van der Waals surface area (Å²) in [5.41, 5.74) is 6.23. The Hall–Kier alpha value is -1.07. The van der Waals surface area contributed by atoms with Gasteiger partial charge in [-0.15, -0.1) is 0 Å². The maximum Gasteiger partial charge on any atom is 0.224 e. The van der Waals surface area contributed by atoms with Gasteiger partial charge in [-0.3, -0.25) is 0 Å². The summed E-state index contributed by atoms with van der Waals surface area (Å²) < 4.78 is 5.30. The molecule has 1 aromatic rings. The molecule has 3 N–H and O–H groups in total. The summed E-state index contributed by atoms with van der Waals surface area (Å²) in [6.45, 7) is 2.57. The number of halogens is 1. The van der Waals surface area contributed by atoms with Crippen LogP contribution in [0.3, 0.4) is 0 Å². The van der Waals surface area contributed by atoms with Crippen LogP contribution < -0.4 is 11.1 Å². The number of nitrogens with one attached hydrogen (secondary N) is 1. The molecule has 0 saturated carbocycles. The van der Waals surface area contributed by atoms with Gasteiger partial charge in [0, 0.05) is 19.8 Å². The molecule has 0 radical (unpaired) electrons. The van der Waals surface area contributed by atoms with E-state index >= 15 is 0 Å². The molecule has 5 nitrogen and oxygen atoms in total. The lowest BCUT2D eigenvalue weighted by Crippen LogP contribution is -2.11. The van der Waals surface area contributed by atoms with Gasteiger partial charge in [0.1, 0.15) is 0 Å². The Labute approximate surface area is 99.4 Å². The molecule has 0 aliphatic carbocycles. The highest BCUT2D eigenvalue weighted by molar-refractivity contribution is 6.28. The average molecular weight is 243 g/mol. The molecule has 1 aliphatic rings. The van der Waals surface area contributed by atoms with Crippen molar-refractivity contribution in [3.8, 4) is 0 Å². The monoisotopic (exact) mass is 242 g/mol. The van der Waals surface area contributed by atoms with Gasteiger partial charge in [0.25, 0.3) is 0 Å². The van der Waals surface area contributed by atoms with Gasteiger partial charge in [0.05, 0.1) is 11.9 Å². The molecule has 6 heteroatoms. The van der Waals surface area contributed by atoms with Gasteiger partial charge < -0.3 is 15.8 Å². The first-order chi connectivity index (χ1) is 7.75. The zero-order chi connectivity index (χ0) is 11.4. The summed E-state index contributed by atoms with van der Waals surface area (Å²) in [4.78, 5) is 7.82. The fraction of sp³-hybridized carbons (Fsp3) is 0.600. The zero-order valence-electron chi connectivity index (χ0n) is 8.95. The molecule has 0 aromatic carbocycles. The molecule has 1 saturated heterocycles. The number of hydrogen-bond donors (Lipinski definition) is 2. The number of anilines is 2. The van der Waals surface area contributed by atoms with Crippen LogP contribution in [0.1, 0.15) is 12.8 Å². The molecule has 2 rings (SSSR count). The third-order valence-corrected chi connectivity index (χ3v) is 2.84. The molecule has 16 heavy (non-hydrogen) atoms. The van der Waals surface area contributed by atoms with Gasteiger partial charge in [-0.1, -0.05) is 0 Å². The fourth-order valence-corrected chi connectivity index (χ4v) is 1.85. The second-order valence-corrected chi connectivity index (χ2v) is 4.23. The molecule has 1 aromatic heterocycles. The standard InChI is InChI=1S/C10H15ClN4O/c11-10-14-5-8(12)9(15-10)13-3-1-7-2-4-16-6-7/h5,7H,1-4,6,12H2,(H,13,14,15). The van der Waals surface area contributed by atoms with Crippen molar-refractivity contribution in [1.82, 2.24) is 9.97 Å². The largest absolute Gasteiger partial charge is 0.394 e. The molecular weight excluding hydrogens is 228 g/mol. The van der Waals surface area contributed by atoms with E-state index in [0.29, 0.717) is 17.4 Å². The normalized spacial score (nSPS) is 19.9. The number of ether oxygens (including phenoxy) is 1. The van der Waals surface area contributed by atoms with Gasteiger partial charge in [-0.2, -0.15) is 4.98 Å². The highest BCUT2D eigenvalue weighted by atomic mass is 35.5. The van der Waals surface area contributed by atoms with Crippen LogP contribution in [0.4, 0.5) is 11.5 Å². The van der Waals surface area contributed by atoms with E-state index in [1.54, 1.807) is 0 Å². The number of nitrogens with zero attached hydrogens (tertiary/aromatic N) is 2. The lowest BCUT2D eigenvalue weighted by atomic mass is 10.1. The maximum atomic E-state index is 5.71. The minimum absolute atomic E-state index is 0.209. The van der Waals surface area contributed by atoms with Gasteiger partial charge in [-0.05, 0) is 30.4 Å². The molecule has 1 aliphatic heterocycles. The second-order valence-electron chi connectivity index (χ2n) is 3.89. The second kappa shape index (κ2) is 5.32. The quantitative estimate of drug-likeness (QED) is 0.784. The van der Waals surface area contributed by atoms with Crippen molar-refractivity contribution in [1.29, 1.82) is 0 Å². The van der Waals surface area contributed by atoms with Gasteiger partial charge in [0.2, 0.25) is 5.28 Å². The Kier molecular flexibility index (Phi) is 3.79. The van der Waals surface area contributed by atoms with E-state index in [0.717, 1.165) is 32.6 Å². The van der Waals surface area contributed by atoms with Crippen molar-refractivity contribution >= 4 is 23.1 Å². The van der Waals surface area contributed by atoms with Crippen LogP contribution in [-0.4, -0.2) is 29.7 Å². The summed E-state index contributed by atoms with van der Waals surface area (Å²) in [5, 5.41) is 3.37. The van der Waals surface area contributed by atoms with E-state index in [1.807, 2.05) is 0 Å². The summed E-state index contributed by atoms with van der Waals surface area (Å²) in [6, 6.07) is 0. The van der Waals surface area contributed by atoms with E-state index in [4.69, 9.17) is 22.1 Å². The van der Waals surface area contributed by atoms with Gasteiger partial charge in [-0.25, -0.2) is 4.98 Å². The van der Waals surface area contributed by atoms with E-state index in [1.165, 1.54) is 6.20 Å². The van der Waals surface area contributed by atoms with Crippen LogP contribution in [0.25, 0.3) is 0 Å². The number of rotatable bonds is 4. The lowest BCUT2D eigenvalue weighted by Gasteiger charge is -2.10. The SMILES string of the molecule is Nc1cnc(Cl)nc1NCCC1CCOC1. The van der Waals surface area contributed by atoms with E-state index in [-0.39, 0.29) is 5.28 Å². The molecule has 1 fully saturated rings. The average Bonchev–Trinajstić information content (AvgIpc) is 2.76. The van der Waals surface area contributed by atoms with Crippen molar-refractivity contribution in [2.45, 2.75) is 12.8 Å². The summed E-state index contributed by atoms with van der Waals surface area (Å²) in [7, 11) is 0. The Morgan fingerprint density at radius 1 is 1.62 bits per heavy atom. The maximum absolute atomic E-state index is 5.71. The van der Waals surface area contributed by atoms with Crippen molar-refractivity contribution in [2.75, 3.05) is 30.8 Å². The highest BCUT2D eigenvalue weighted by Gasteiger charge is 2.15. The molecule has 0 spiro atoms. The first kappa shape index (κ1) is 11.4. The first-order valence-electron chi connectivity index (χ1n) is 5.35. The summed E-state index contributed by atoms with van der Waals surface area (Å²) in [5.74, 6) is 1.25. The molecular formula is C10H15ClN4O. The van der Waals surface area contributed by atoms with Crippen LogP contribution in [0.2, 0.25) is 5.28 Å². The summed E-state index contributed by atoms with van der Waals surface area (Å²) in [6.07, 6.45) is 3.71. The zero-order valence-corrected chi connectivity index (χ0v) is 9.70. The third-order valence-electron chi connectivity index (χ3n) is 2.66. The Morgan fingerprint density at radius 3 is 3.25 bits per heavy atom. The Balaban J connectivity index is 1.82. The van der Waals surface area contributed by atoms with Crippen LogP contribution in [0.15, 0.2) is 6.20 Å². The highest BCUT2D eigenvalue weighted by Crippen LogP contribution is 2.18. The molecule has 1 atom stereocenters. The minimum Gasteiger partial charge on any atom is -0.394 e. The number of nitrogen functional groups attached to an aromatic ring is 1. The Bertz CT molecular complexity index is 355. The van der Waals surface area contributed by atoms with E-state index in [9.17, 15) is 0 Å². The van der Waals surface area contributed by atoms with Crippen LogP contribution >= 0.6 is 11.6 Å². The van der Waals surface area contributed by atoms with Crippen LogP contribution in [-0.2, 0) is 4.74 Å². The molecule has 1 unspecified atom stereocenters. The van der Waals surface area contributed by atoms with Crippen molar-refractivity contribution in [3.63, 3.8) is 0 Å². The van der Waals surface area contributed by atoms with E-state index in [2.05, 4.69) is 15.3 Å². The smallest absolute Gasteiger partial charge is 0.224 e. The minimum atomic E-state index is 0.209. The van der Waals surface area contributed by atoms with E-state index < -0.39 is 0 Å². The van der Waals surface area contributed by atoms with Gasteiger partial charge >= 0.3 is 0 Å². The molecule has 88 valence electrons. The molecule has 0 bridgehead atoms. The van der Waals surface area contributed by atoms with Crippen molar-refractivity contribution in [2.24, 2.45) is 5.92 Å². The van der Waals surface area contributed by atoms with Crippen LogP contribution in [0, 0.1) is 5.92 Å². The molecule has 2 heterocycles. The Morgan fingerprint density at radius 2 is 2.50 bits per heavy atom. The fourth-order valence-electron chi connectivity index (χ4n) is 1.72. The molecule has 0 amide bonds. The van der Waals surface area contributed by atoms with Crippen LogP contribution in [0.5, 0.6) is 0 Å². The van der Waals surface area contributed by atoms with Crippen molar-refractivity contribution < 1.29 is 4.74 Å². The lowest BCUT2D eigenvalue weighted by molar-refractivity contribution is 0.185. The van der Waals surface area contributed by atoms with Gasteiger partial charge in [0.15, 0.2) is 5.82 Å². The predicted molar refractivity (Wildman–Crippen MR) is 63.5 cm³/mol. The number of nitrogens with two attached hydrogens (primary N) is 1. The topological polar surface area (TPSA) is 73.1 Å². The van der Waals surface area contributed by atoms with Crippen molar-refractivity contribution in [3.05, 3.63) is 11.5 Å².